The van der Waals surface area contributed by atoms with Crippen LogP contribution in [0.4, 0.5) is 0 Å². The van der Waals surface area contributed by atoms with E-state index in [2.05, 4.69) is 10.1 Å². The summed E-state index contributed by atoms with van der Waals surface area (Å²) in [6.07, 6.45) is 3.29. The summed E-state index contributed by atoms with van der Waals surface area (Å²) in [7, 11) is 0. The Kier molecular flexibility index (Phi) is 4.45. The van der Waals surface area contributed by atoms with Crippen LogP contribution in [0.2, 0.25) is 5.02 Å². The van der Waals surface area contributed by atoms with Crippen molar-refractivity contribution in [1.82, 2.24) is 14.8 Å². The van der Waals surface area contributed by atoms with Crippen LogP contribution in [0.1, 0.15) is 32.4 Å². The van der Waals surface area contributed by atoms with Crippen molar-refractivity contribution in [3.63, 3.8) is 0 Å². The Morgan fingerprint density at radius 3 is 2.40 bits per heavy atom. The zero-order valence-corrected chi connectivity index (χ0v) is 12.7. The highest BCUT2D eigenvalue weighted by Gasteiger charge is 2.32. The second kappa shape index (κ2) is 5.94. The van der Waals surface area contributed by atoms with Gasteiger partial charge in [0.25, 0.3) is 0 Å². The van der Waals surface area contributed by atoms with Gasteiger partial charge < -0.3 is 5.11 Å². The second-order valence-corrected chi connectivity index (χ2v) is 6.52. The third-order valence-electron chi connectivity index (χ3n) is 3.39. The summed E-state index contributed by atoms with van der Waals surface area (Å²) < 4.78 is 1.73. The van der Waals surface area contributed by atoms with Crippen molar-refractivity contribution < 1.29 is 5.11 Å². The maximum atomic E-state index is 10.6. The summed E-state index contributed by atoms with van der Waals surface area (Å²) in [5.41, 5.74) is 0.876. The first-order valence-corrected chi connectivity index (χ1v) is 7.02. The Morgan fingerprint density at radius 1 is 1.25 bits per heavy atom. The lowest BCUT2D eigenvalue weighted by Gasteiger charge is -2.33. The minimum atomic E-state index is -0.528. The summed E-state index contributed by atoms with van der Waals surface area (Å²) in [6, 6.07) is 7.51. The fourth-order valence-corrected chi connectivity index (χ4v) is 2.30. The van der Waals surface area contributed by atoms with Crippen molar-refractivity contribution in [3.8, 4) is 0 Å². The molecule has 5 heteroatoms. The number of halogens is 1. The average molecular weight is 294 g/mol. The van der Waals surface area contributed by atoms with Gasteiger partial charge in [-0.2, -0.15) is 5.10 Å². The molecule has 0 saturated heterocycles. The van der Waals surface area contributed by atoms with Crippen LogP contribution in [0.25, 0.3) is 0 Å². The topological polar surface area (TPSA) is 50.9 Å². The second-order valence-electron chi connectivity index (χ2n) is 6.08. The van der Waals surface area contributed by atoms with Gasteiger partial charge >= 0.3 is 0 Å². The molecule has 108 valence electrons. The minimum Gasteiger partial charge on any atom is -0.390 e. The van der Waals surface area contributed by atoms with Gasteiger partial charge in [-0.3, -0.25) is 0 Å². The smallest absolute Gasteiger partial charge is 0.137 e. The lowest BCUT2D eigenvalue weighted by Crippen LogP contribution is -2.37. The number of benzene rings is 1. The van der Waals surface area contributed by atoms with Crippen LogP contribution in [-0.2, 0) is 6.42 Å². The van der Waals surface area contributed by atoms with Crippen molar-refractivity contribution in [2.75, 3.05) is 0 Å². The molecular formula is C15H20ClN3O. The number of aliphatic hydroxyl groups excluding tert-OH is 1. The Morgan fingerprint density at radius 2 is 1.90 bits per heavy atom. The van der Waals surface area contributed by atoms with E-state index in [1.54, 1.807) is 11.0 Å². The van der Waals surface area contributed by atoms with E-state index in [-0.39, 0.29) is 11.5 Å². The van der Waals surface area contributed by atoms with Crippen LogP contribution in [0.3, 0.4) is 0 Å². The molecule has 2 rings (SSSR count). The Labute approximate surface area is 124 Å². The predicted molar refractivity (Wildman–Crippen MR) is 79.7 cm³/mol. The standard InChI is InChI=1S/C15H20ClN3O/c1-15(2,3)14(20)13(19-10-17-9-18-19)8-11-4-6-12(16)7-5-11/h4-7,9-10,13-14,20H,8H2,1-3H3/t13-,14-/m0/s1. The van der Waals surface area contributed by atoms with E-state index in [4.69, 9.17) is 11.6 Å². The molecule has 1 aromatic heterocycles. The van der Waals surface area contributed by atoms with Gasteiger partial charge in [-0.1, -0.05) is 44.5 Å². The number of aromatic nitrogens is 3. The van der Waals surface area contributed by atoms with Crippen LogP contribution in [0, 0.1) is 5.41 Å². The molecule has 0 saturated carbocycles. The van der Waals surface area contributed by atoms with Gasteiger partial charge in [0.15, 0.2) is 0 Å². The molecule has 1 N–H and O–H groups in total. The predicted octanol–water partition coefficient (Wildman–Crippen LogP) is 3.12. The quantitative estimate of drug-likeness (QED) is 0.942. The fourth-order valence-electron chi connectivity index (χ4n) is 2.18. The number of aliphatic hydroxyl groups is 1. The summed E-state index contributed by atoms with van der Waals surface area (Å²) >= 11 is 5.91. The molecule has 20 heavy (non-hydrogen) atoms. The lowest BCUT2D eigenvalue weighted by molar-refractivity contribution is 0.0124. The summed E-state index contributed by atoms with van der Waals surface area (Å²) in [4.78, 5) is 3.98. The summed E-state index contributed by atoms with van der Waals surface area (Å²) in [6.45, 7) is 6.05. The normalized spacial score (nSPS) is 15.1. The van der Waals surface area contributed by atoms with Crippen molar-refractivity contribution in [1.29, 1.82) is 0 Å². The molecule has 0 aliphatic rings. The van der Waals surface area contributed by atoms with Gasteiger partial charge in [-0.05, 0) is 29.5 Å². The van der Waals surface area contributed by atoms with Crippen LogP contribution in [0.15, 0.2) is 36.9 Å². The molecule has 0 bridgehead atoms. The monoisotopic (exact) mass is 293 g/mol. The Hall–Kier alpha value is -1.39. The Balaban J connectivity index is 2.26. The van der Waals surface area contributed by atoms with E-state index >= 15 is 0 Å². The van der Waals surface area contributed by atoms with Crippen LogP contribution >= 0.6 is 11.6 Å². The first kappa shape index (κ1) is 15.0. The number of hydrogen-bond donors (Lipinski definition) is 1. The molecule has 2 atom stereocenters. The van der Waals surface area contributed by atoms with Crippen LogP contribution in [0.5, 0.6) is 0 Å². The molecule has 0 aliphatic carbocycles. The summed E-state index contributed by atoms with van der Waals surface area (Å²) in [5.74, 6) is 0. The minimum absolute atomic E-state index is 0.154. The molecule has 0 fully saturated rings. The van der Waals surface area contributed by atoms with Crippen molar-refractivity contribution in [3.05, 3.63) is 47.5 Å². The van der Waals surface area contributed by atoms with Crippen molar-refractivity contribution >= 4 is 11.6 Å². The fraction of sp³-hybridized carbons (Fsp3) is 0.467. The van der Waals surface area contributed by atoms with E-state index in [9.17, 15) is 5.11 Å². The highest BCUT2D eigenvalue weighted by atomic mass is 35.5. The number of rotatable bonds is 4. The highest BCUT2D eigenvalue weighted by Crippen LogP contribution is 2.30. The van der Waals surface area contributed by atoms with Gasteiger partial charge in [-0.15, -0.1) is 0 Å². The van der Waals surface area contributed by atoms with Gasteiger partial charge in [0.05, 0.1) is 12.1 Å². The molecule has 0 amide bonds. The third kappa shape index (κ3) is 3.58. The zero-order chi connectivity index (χ0) is 14.8. The molecule has 0 spiro atoms. The van der Waals surface area contributed by atoms with Gasteiger partial charge in [-0.25, -0.2) is 9.67 Å². The first-order valence-electron chi connectivity index (χ1n) is 6.64. The highest BCUT2D eigenvalue weighted by molar-refractivity contribution is 6.30. The number of nitrogens with zero attached hydrogens (tertiary/aromatic N) is 3. The van der Waals surface area contributed by atoms with Crippen LogP contribution in [-0.4, -0.2) is 26.0 Å². The van der Waals surface area contributed by atoms with Crippen LogP contribution < -0.4 is 0 Å². The van der Waals surface area contributed by atoms with Gasteiger partial charge in [0.1, 0.15) is 12.7 Å². The molecule has 0 aliphatic heterocycles. The first-order chi connectivity index (χ1) is 9.38. The Bertz CT molecular complexity index is 531. The maximum absolute atomic E-state index is 10.6. The molecule has 1 aromatic carbocycles. The molecule has 4 nitrogen and oxygen atoms in total. The molecule has 0 radical (unpaired) electrons. The van der Waals surface area contributed by atoms with Crippen molar-refractivity contribution in [2.45, 2.75) is 39.3 Å². The number of hydrogen-bond acceptors (Lipinski definition) is 3. The van der Waals surface area contributed by atoms with Gasteiger partial charge in [0.2, 0.25) is 0 Å². The maximum Gasteiger partial charge on any atom is 0.137 e. The molecule has 0 unspecified atom stereocenters. The van der Waals surface area contributed by atoms with E-state index in [0.29, 0.717) is 11.4 Å². The SMILES string of the molecule is CC(C)(C)[C@@H](O)[C@H](Cc1ccc(Cl)cc1)n1cncn1. The van der Waals surface area contributed by atoms with E-state index in [1.807, 2.05) is 45.0 Å². The third-order valence-corrected chi connectivity index (χ3v) is 3.64. The van der Waals surface area contributed by atoms with Gasteiger partial charge in [0, 0.05) is 5.02 Å². The zero-order valence-electron chi connectivity index (χ0n) is 12.0. The van der Waals surface area contributed by atoms with Crippen molar-refractivity contribution in [2.24, 2.45) is 5.41 Å². The van der Waals surface area contributed by atoms with E-state index in [1.165, 1.54) is 6.33 Å². The largest absolute Gasteiger partial charge is 0.390 e. The molecular weight excluding hydrogens is 274 g/mol. The van der Waals surface area contributed by atoms with E-state index in [0.717, 1.165) is 5.56 Å². The summed E-state index contributed by atoms with van der Waals surface area (Å²) in [5, 5.41) is 15.5. The van der Waals surface area contributed by atoms with E-state index < -0.39 is 6.10 Å². The average Bonchev–Trinajstić information content (AvgIpc) is 2.90. The molecule has 2 aromatic rings. The lowest BCUT2D eigenvalue weighted by atomic mass is 9.82. The molecule has 1 heterocycles.